The zero-order valence-corrected chi connectivity index (χ0v) is 18.3. The molecule has 0 bridgehead atoms. The minimum atomic E-state index is -0.224. The lowest BCUT2D eigenvalue weighted by atomic mass is 10.0. The fourth-order valence-corrected chi connectivity index (χ4v) is 5.99. The maximum absolute atomic E-state index is 12.6. The highest BCUT2D eigenvalue weighted by molar-refractivity contribution is 7.22. The van der Waals surface area contributed by atoms with Crippen LogP contribution in [0.5, 0.6) is 0 Å². The van der Waals surface area contributed by atoms with Crippen LogP contribution in [-0.4, -0.2) is 28.9 Å². The van der Waals surface area contributed by atoms with E-state index in [1.165, 1.54) is 16.7 Å². The van der Waals surface area contributed by atoms with Crippen LogP contribution in [0, 0.1) is 0 Å². The number of rotatable bonds is 4. The van der Waals surface area contributed by atoms with Gasteiger partial charge in [-0.1, -0.05) is 19.1 Å². The monoisotopic (exact) mass is 445 g/mol. The van der Waals surface area contributed by atoms with Gasteiger partial charge in [0.2, 0.25) is 0 Å². The second-order valence-corrected chi connectivity index (χ2v) is 8.88. The number of aromatic nitrogens is 1. The maximum Gasteiger partial charge on any atom is 0.291 e. The van der Waals surface area contributed by atoms with E-state index >= 15 is 0 Å². The number of amides is 1. The van der Waals surface area contributed by atoms with E-state index < -0.39 is 0 Å². The quantitative estimate of drug-likeness (QED) is 0.439. The first-order chi connectivity index (χ1) is 13.7. The summed E-state index contributed by atoms with van der Waals surface area (Å²) in [5.74, 6) is 0.0927. The molecular weight excluding hydrogens is 426 g/mol. The summed E-state index contributed by atoms with van der Waals surface area (Å²) in [4.78, 5) is 21.3. The molecule has 8 heteroatoms. The van der Waals surface area contributed by atoms with Gasteiger partial charge in [0.25, 0.3) is 5.91 Å². The highest BCUT2D eigenvalue weighted by atomic mass is 35.5. The maximum atomic E-state index is 12.6. The smallest absolute Gasteiger partial charge is 0.291 e. The predicted molar refractivity (Wildman–Crippen MR) is 121 cm³/mol. The van der Waals surface area contributed by atoms with Crippen LogP contribution >= 0.6 is 35.1 Å². The second kappa shape index (κ2) is 8.28. The first-order valence-electron chi connectivity index (χ1n) is 9.30. The highest BCUT2D eigenvalue weighted by Gasteiger charge is 2.27. The molecule has 0 aliphatic carbocycles. The molecule has 0 radical (unpaired) electrons. The average molecular weight is 446 g/mol. The Morgan fingerprint density at radius 3 is 2.86 bits per heavy atom. The van der Waals surface area contributed by atoms with Crippen LogP contribution in [-0.2, 0) is 13.0 Å². The van der Waals surface area contributed by atoms with Crippen LogP contribution in [0.3, 0.4) is 0 Å². The molecule has 4 aromatic rings. The van der Waals surface area contributed by atoms with Crippen LogP contribution in [0.15, 0.2) is 47.1 Å². The van der Waals surface area contributed by atoms with E-state index in [0.29, 0.717) is 5.76 Å². The fourth-order valence-electron chi connectivity index (χ4n) is 3.59. The van der Waals surface area contributed by atoms with Crippen LogP contribution < -0.4 is 5.32 Å². The third-order valence-electron chi connectivity index (χ3n) is 5.06. The van der Waals surface area contributed by atoms with Crippen LogP contribution in [0.1, 0.15) is 27.9 Å². The van der Waals surface area contributed by atoms with Crippen molar-refractivity contribution >= 4 is 56.2 Å². The van der Waals surface area contributed by atoms with Crippen molar-refractivity contribution in [3.63, 3.8) is 0 Å². The number of anilines is 1. The van der Waals surface area contributed by atoms with Gasteiger partial charge in [0, 0.05) is 23.5 Å². The van der Waals surface area contributed by atoms with Gasteiger partial charge >= 0.3 is 0 Å². The minimum absolute atomic E-state index is 0. The van der Waals surface area contributed by atoms with Crippen molar-refractivity contribution < 1.29 is 9.21 Å². The van der Waals surface area contributed by atoms with Crippen molar-refractivity contribution in [2.45, 2.75) is 19.9 Å². The third kappa shape index (κ3) is 3.71. The predicted octanol–water partition coefficient (Wildman–Crippen LogP) is 5.67. The normalized spacial score (nSPS) is 13.8. The molecule has 5 nitrogen and oxygen atoms in total. The number of para-hydroxylation sites is 1. The van der Waals surface area contributed by atoms with Gasteiger partial charge in [-0.3, -0.25) is 9.69 Å². The Hall–Kier alpha value is -2.19. The molecule has 4 heterocycles. The summed E-state index contributed by atoms with van der Waals surface area (Å²) in [6.07, 6.45) is 2.49. The van der Waals surface area contributed by atoms with Gasteiger partial charge in [0.1, 0.15) is 10.0 Å². The third-order valence-corrected chi connectivity index (χ3v) is 7.25. The summed E-state index contributed by atoms with van der Waals surface area (Å²) < 4.78 is 6.43. The summed E-state index contributed by atoms with van der Waals surface area (Å²) in [6.45, 7) is 5.17. The van der Waals surface area contributed by atoms with Crippen molar-refractivity contribution in [3.05, 3.63) is 58.9 Å². The SMILES string of the molecule is CCN1CCc2c(sc(NC(=O)c3ccco3)c2-c2nc3ccccc3s2)C1.Cl. The molecule has 5 rings (SSSR count). The molecule has 1 aliphatic rings. The van der Waals surface area contributed by atoms with E-state index in [0.717, 1.165) is 51.8 Å². The van der Waals surface area contributed by atoms with Gasteiger partial charge in [0.15, 0.2) is 5.76 Å². The summed E-state index contributed by atoms with van der Waals surface area (Å²) in [5, 5.41) is 4.91. The Kier molecular flexibility index (Phi) is 5.74. The Morgan fingerprint density at radius 2 is 2.10 bits per heavy atom. The van der Waals surface area contributed by atoms with E-state index in [1.54, 1.807) is 34.8 Å². The number of likely N-dealkylation sites (N-methyl/N-ethyl adjacent to an activating group) is 1. The van der Waals surface area contributed by atoms with Gasteiger partial charge < -0.3 is 9.73 Å². The number of nitrogens with zero attached hydrogens (tertiary/aromatic N) is 2. The number of nitrogens with one attached hydrogen (secondary N) is 1. The van der Waals surface area contributed by atoms with E-state index in [9.17, 15) is 4.79 Å². The van der Waals surface area contributed by atoms with Crippen molar-refractivity contribution in [1.82, 2.24) is 9.88 Å². The largest absolute Gasteiger partial charge is 0.459 e. The standard InChI is InChI=1S/C21H19N3O2S2.ClH/c1-2-24-10-9-13-17(12-24)28-21(23-19(25)15-7-5-11-26-15)18(13)20-22-14-6-3-4-8-16(14)27-20;/h3-8,11H,2,9-10,12H2,1H3,(H,23,25);1H. The first kappa shape index (κ1) is 20.1. The lowest BCUT2D eigenvalue weighted by Crippen LogP contribution is -2.29. The summed E-state index contributed by atoms with van der Waals surface area (Å²) in [6, 6.07) is 11.6. The second-order valence-electron chi connectivity index (χ2n) is 6.74. The van der Waals surface area contributed by atoms with Crippen molar-refractivity contribution in [1.29, 1.82) is 0 Å². The molecule has 1 aromatic carbocycles. The number of carbonyl (C=O) groups excluding carboxylic acids is 1. The number of hydrogen-bond acceptors (Lipinski definition) is 6. The average Bonchev–Trinajstić information content (AvgIpc) is 3.44. The van der Waals surface area contributed by atoms with E-state index in [1.807, 2.05) is 18.2 Å². The Labute approximate surface area is 182 Å². The first-order valence-corrected chi connectivity index (χ1v) is 10.9. The van der Waals surface area contributed by atoms with Gasteiger partial charge in [-0.15, -0.1) is 35.1 Å². The van der Waals surface area contributed by atoms with Crippen LogP contribution in [0.2, 0.25) is 0 Å². The number of fused-ring (bicyclic) bond motifs is 2. The zero-order chi connectivity index (χ0) is 19.1. The van der Waals surface area contributed by atoms with Crippen molar-refractivity contribution in [2.75, 3.05) is 18.4 Å². The molecule has 3 aromatic heterocycles. The molecule has 0 fully saturated rings. The number of thiophene rings is 1. The summed E-state index contributed by atoms with van der Waals surface area (Å²) in [7, 11) is 0. The number of hydrogen-bond donors (Lipinski definition) is 1. The van der Waals surface area contributed by atoms with E-state index in [-0.39, 0.29) is 18.3 Å². The molecule has 0 saturated carbocycles. The van der Waals surface area contributed by atoms with Crippen molar-refractivity contribution in [3.8, 4) is 10.6 Å². The lowest BCUT2D eigenvalue weighted by Gasteiger charge is -2.25. The number of halogens is 1. The van der Waals surface area contributed by atoms with Gasteiger partial charge in [-0.05, 0) is 42.8 Å². The molecule has 150 valence electrons. The lowest BCUT2D eigenvalue weighted by molar-refractivity contribution is 0.0997. The van der Waals surface area contributed by atoms with Gasteiger partial charge in [-0.25, -0.2) is 4.98 Å². The molecular formula is C21H20ClN3O2S2. The van der Waals surface area contributed by atoms with E-state index in [4.69, 9.17) is 9.40 Å². The van der Waals surface area contributed by atoms with Gasteiger partial charge in [-0.2, -0.15) is 0 Å². The molecule has 1 aliphatic heterocycles. The van der Waals surface area contributed by atoms with Crippen LogP contribution in [0.4, 0.5) is 5.00 Å². The zero-order valence-electron chi connectivity index (χ0n) is 15.8. The topological polar surface area (TPSA) is 58.4 Å². The minimum Gasteiger partial charge on any atom is -0.459 e. The number of benzene rings is 1. The summed E-state index contributed by atoms with van der Waals surface area (Å²) >= 11 is 3.34. The van der Waals surface area contributed by atoms with Crippen LogP contribution in [0.25, 0.3) is 20.8 Å². The molecule has 0 atom stereocenters. The fraction of sp³-hybridized carbons (Fsp3) is 0.238. The van der Waals surface area contributed by atoms with E-state index in [2.05, 4.69) is 23.2 Å². The highest BCUT2D eigenvalue weighted by Crippen LogP contribution is 2.45. The molecule has 0 spiro atoms. The summed E-state index contributed by atoms with van der Waals surface area (Å²) in [5.41, 5.74) is 3.40. The number of furan rings is 1. The number of carbonyl (C=O) groups is 1. The molecule has 1 N–H and O–H groups in total. The Bertz CT molecular complexity index is 1120. The molecule has 29 heavy (non-hydrogen) atoms. The van der Waals surface area contributed by atoms with Crippen molar-refractivity contribution in [2.24, 2.45) is 0 Å². The molecule has 0 unspecified atom stereocenters. The van der Waals surface area contributed by atoms with Gasteiger partial charge in [0.05, 0.1) is 16.5 Å². The Balaban J connectivity index is 0.00000205. The Morgan fingerprint density at radius 1 is 1.24 bits per heavy atom. The number of thiazole rings is 1. The molecule has 1 amide bonds. The molecule has 0 saturated heterocycles.